The van der Waals surface area contributed by atoms with Gasteiger partial charge in [0.1, 0.15) is 18.0 Å². The Morgan fingerprint density at radius 3 is 2.19 bits per heavy atom. The molecule has 0 aliphatic carbocycles. The highest BCUT2D eigenvalue weighted by Gasteiger charge is 2.33. The number of carboxylic acid groups (broad SMARTS) is 1. The third kappa shape index (κ3) is 6.80. The highest BCUT2D eigenvalue weighted by atomic mass is 16.5. The second kappa shape index (κ2) is 10.1. The number of benzene rings is 2. The van der Waals surface area contributed by atoms with Gasteiger partial charge in [0.2, 0.25) is 11.8 Å². The van der Waals surface area contributed by atoms with E-state index in [1.54, 1.807) is 53.4 Å². The van der Waals surface area contributed by atoms with Gasteiger partial charge in [0.25, 0.3) is 0 Å². The van der Waals surface area contributed by atoms with Crippen molar-refractivity contribution in [2.75, 3.05) is 30.3 Å². The first kappa shape index (κ1) is 22.3. The molecule has 0 spiro atoms. The Kier molecular flexibility index (Phi) is 7.22. The van der Waals surface area contributed by atoms with Crippen LogP contribution in [0.2, 0.25) is 0 Å². The van der Waals surface area contributed by atoms with E-state index < -0.39 is 18.2 Å². The van der Waals surface area contributed by atoms with Crippen LogP contribution in [-0.4, -0.2) is 64.7 Å². The van der Waals surface area contributed by atoms with Gasteiger partial charge in [-0.1, -0.05) is 12.1 Å². The molecule has 4 N–H and O–H groups in total. The van der Waals surface area contributed by atoms with Gasteiger partial charge in [0, 0.05) is 31.4 Å². The summed E-state index contributed by atoms with van der Waals surface area (Å²) in [6, 6.07) is 13.5. The first-order valence-electron chi connectivity index (χ1n) is 9.84. The summed E-state index contributed by atoms with van der Waals surface area (Å²) in [6.45, 7) is 2.21. The molecule has 2 atom stereocenters. The average molecular weight is 427 g/mol. The molecule has 9 heteroatoms. The van der Waals surface area contributed by atoms with Crippen molar-refractivity contribution in [3.63, 3.8) is 0 Å². The SMILES string of the molecule is CC(=O)Nc1ccc(NC(=O)CN2C[C@@H](O)[C@H](Oc3ccc(CC(=O)O)cc3)C2)cc1. The Morgan fingerprint density at radius 2 is 1.61 bits per heavy atom. The zero-order valence-corrected chi connectivity index (χ0v) is 17.1. The van der Waals surface area contributed by atoms with Crippen LogP contribution >= 0.6 is 0 Å². The van der Waals surface area contributed by atoms with Gasteiger partial charge in [-0.05, 0) is 42.0 Å². The van der Waals surface area contributed by atoms with Crippen LogP contribution in [0.25, 0.3) is 0 Å². The van der Waals surface area contributed by atoms with Crippen LogP contribution in [0.15, 0.2) is 48.5 Å². The van der Waals surface area contributed by atoms with E-state index in [2.05, 4.69) is 10.6 Å². The summed E-state index contributed by atoms with van der Waals surface area (Å²) in [5.41, 5.74) is 1.91. The summed E-state index contributed by atoms with van der Waals surface area (Å²) in [5.74, 6) is -0.767. The number of carbonyl (C=O) groups is 3. The maximum Gasteiger partial charge on any atom is 0.307 e. The molecule has 1 heterocycles. The highest BCUT2D eigenvalue weighted by molar-refractivity contribution is 5.93. The maximum absolute atomic E-state index is 12.3. The van der Waals surface area contributed by atoms with E-state index in [1.165, 1.54) is 6.92 Å². The molecule has 1 aliphatic heterocycles. The molecule has 1 saturated heterocycles. The fourth-order valence-corrected chi connectivity index (χ4v) is 3.36. The number of nitrogens with one attached hydrogen (secondary N) is 2. The van der Waals surface area contributed by atoms with Crippen molar-refractivity contribution in [2.24, 2.45) is 0 Å². The Morgan fingerprint density at radius 1 is 1.00 bits per heavy atom. The van der Waals surface area contributed by atoms with Crippen LogP contribution in [0.4, 0.5) is 11.4 Å². The monoisotopic (exact) mass is 427 g/mol. The molecule has 9 nitrogen and oxygen atoms in total. The quantitative estimate of drug-likeness (QED) is 0.500. The van der Waals surface area contributed by atoms with Crippen LogP contribution in [-0.2, 0) is 20.8 Å². The minimum absolute atomic E-state index is 0.0643. The van der Waals surface area contributed by atoms with Crippen LogP contribution in [0.5, 0.6) is 5.75 Å². The molecule has 0 bridgehead atoms. The smallest absolute Gasteiger partial charge is 0.307 e. The number of hydrogen-bond donors (Lipinski definition) is 4. The summed E-state index contributed by atoms with van der Waals surface area (Å²) in [7, 11) is 0. The van der Waals surface area contributed by atoms with Gasteiger partial charge < -0.3 is 25.6 Å². The molecule has 1 aliphatic rings. The number of rotatable bonds is 8. The first-order valence-corrected chi connectivity index (χ1v) is 9.84. The van der Waals surface area contributed by atoms with Gasteiger partial charge in [0.05, 0.1) is 13.0 Å². The number of nitrogens with zero attached hydrogens (tertiary/aromatic N) is 1. The molecular weight excluding hydrogens is 402 g/mol. The number of ether oxygens (including phenoxy) is 1. The topological polar surface area (TPSA) is 128 Å². The fraction of sp³-hybridized carbons (Fsp3) is 0.318. The minimum atomic E-state index is -0.905. The first-order chi connectivity index (χ1) is 14.8. The molecular formula is C22H25N3O6. The molecule has 0 unspecified atom stereocenters. The fourth-order valence-electron chi connectivity index (χ4n) is 3.36. The lowest BCUT2D eigenvalue weighted by atomic mass is 10.1. The lowest BCUT2D eigenvalue weighted by Crippen LogP contribution is -2.33. The Balaban J connectivity index is 1.48. The molecule has 0 aromatic heterocycles. The van der Waals surface area contributed by atoms with Gasteiger partial charge >= 0.3 is 5.97 Å². The summed E-state index contributed by atoms with van der Waals surface area (Å²) in [6.07, 6.45) is -1.30. The van der Waals surface area contributed by atoms with Crippen molar-refractivity contribution in [1.29, 1.82) is 0 Å². The van der Waals surface area contributed by atoms with Crippen molar-refractivity contribution >= 4 is 29.2 Å². The minimum Gasteiger partial charge on any atom is -0.486 e. The molecule has 1 fully saturated rings. The molecule has 2 aromatic rings. The predicted octanol–water partition coefficient (Wildman–Crippen LogP) is 1.33. The second-order valence-electron chi connectivity index (χ2n) is 7.44. The molecule has 2 amide bonds. The Labute approximate surface area is 179 Å². The predicted molar refractivity (Wildman–Crippen MR) is 114 cm³/mol. The number of carbonyl (C=O) groups excluding carboxylic acids is 2. The Hall–Kier alpha value is -3.43. The van der Waals surface area contributed by atoms with Crippen molar-refractivity contribution in [1.82, 2.24) is 4.90 Å². The number of aliphatic hydroxyl groups is 1. The zero-order chi connectivity index (χ0) is 22.4. The highest BCUT2D eigenvalue weighted by Crippen LogP contribution is 2.20. The van der Waals surface area contributed by atoms with E-state index in [1.807, 2.05) is 0 Å². The van der Waals surface area contributed by atoms with E-state index >= 15 is 0 Å². The van der Waals surface area contributed by atoms with E-state index in [9.17, 15) is 19.5 Å². The van der Waals surface area contributed by atoms with Gasteiger partial charge in [-0.15, -0.1) is 0 Å². The third-order valence-corrected chi connectivity index (χ3v) is 4.73. The molecule has 0 radical (unpaired) electrons. The van der Waals surface area contributed by atoms with Gasteiger partial charge in [-0.25, -0.2) is 0 Å². The van der Waals surface area contributed by atoms with Crippen molar-refractivity contribution < 1.29 is 29.3 Å². The van der Waals surface area contributed by atoms with Crippen LogP contribution in [0.1, 0.15) is 12.5 Å². The number of β-amino-alcohol motifs (C(OH)–C–C–N with tert-alkyl or cyclic N) is 1. The lowest BCUT2D eigenvalue weighted by Gasteiger charge is -2.17. The van der Waals surface area contributed by atoms with Crippen molar-refractivity contribution in [3.05, 3.63) is 54.1 Å². The van der Waals surface area contributed by atoms with E-state index in [4.69, 9.17) is 9.84 Å². The number of anilines is 2. The largest absolute Gasteiger partial charge is 0.486 e. The molecule has 164 valence electrons. The molecule has 31 heavy (non-hydrogen) atoms. The standard InChI is InChI=1S/C22H25N3O6/c1-14(26)23-16-4-6-17(7-5-16)24-21(28)13-25-11-19(27)20(12-25)31-18-8-2-15(3-9-18)10-22(29)30/h2-9,19-20,27H,10-13H2,1H3,(H,23,26)(H,24,28)(H,29,30)/t19-,20-/m1/s1. The zero-order valence-electron chi connectivity index (χ0n) is 17.1. The summed E-state index contributed by atoms with van der Waals surface area (Å²) in [4.78, 5) is 35.9. The van der Waals surface area contributed by atoms with E-state index in [-0.39, 0.29) is 24.8 Å². The Bertz CT molecular complexity index is 929. The molecule has 0 saturated carbocycles. The summed E-state index contributed by atoms with van der Waals surface area (Å²) < 4.78 is 5.82. The third-order valence-electron chi connectivity index (χ3n) is 4.73. The average Bonchev–Trinajstić information content (AvgIpc) is 3.02. The van der Waals surface area contributed by atoms with Crippen LogP contribution in [0, 0.1) is 0 Å². The number of carboxylic acids is 1. The van der Waals surface area contributed by atoms with Gasteiger partial charge in [0.15, 0.2) is 0 Å². The molecule has 3 rings (SSSR count). The van der Waals surface area contributed by atoms with Crippen molar-refractivity contribution in [2.45, 2.75) is 25.6 Å². The van der Waals surface area contributed by atoms with E-state index in [0.29, 0.717) is 35.8 Å². The number of amides is 2. The number of aliphatic hydroxyl groups excluding tert-OH is 1. The van der Waals surface area contributed by atoms with E-state index in [0.717, 1.165) is 0 Å². The second-order valence-corrected chi connectivity index (χ2v) is 7.44. The lowest BCUT2D eigenvalue weighted by molar-refractivity contribution is -0.136. The maximum atomic E-state index is 12.3. The number of hydrogen-bond acceptors (Lipinski definition) is 6. The summed E-state index contributed by atoms with van der Waals surface area (Å²) >= 11 is 0. The number of aliphatic carboxylic acids is 1. The van der Waals surface area contributed by atoms with Gasteiger partial charge in [-0.2, -0.15) is 0 Å². The molecule has 2 aromatic carbocycles. The van der Waals surface area contributed by atoms with Crippen LogP contribution in [0.3, 0.4) is 0 Å². The number of likely N-dealkylation sites (tertiary alicyclic amines) is 1. The summed E-state index contributed by atoms with van der Waals surface area (Å²) in [5, 5.41) is 24.6. The van der Waals surface area contributed by atoms with Crippen LogP contribution < -0.4 is 15.4 Å². The van der Waals surface area contributed by atoms with Crippen molar-refractivity contribution in [3.8, 4) is 5.75 Å². The normalized spacial score (nSPS) is 18.4. The van der Waals surface area contributed by atoms with Gasteiger partial charge in [-0.3, -0.25) is 19.3 Å².